The first-order valence-corrected chi connectivity index (χ1v) is 11.1. The fourth-order valence-corrected chi connectivity index (χ4v) is 5.15. The van der Waals surface area contributed by atoms with Gasteiger partial charge in [-0.3, -0.25) is 4.98 Å². The van der Waals surface area contributed by atoms with Crippen molar-refractivity contribution in [2.75, 3.05) is 0 Å². The van der Waals surface area contributed by atoms with Gasteiger partial charge in [-0.15, -0.1) is 0 Å². The number of aromatic nitrogens is 2. The molecule has 0 saturated carbocycles. The maximum Gasteiger partial charge on any atom is 0.335 e. The van der Waals surface area contributed by atoms with Crippen LogP contribution in [0.2, 0.25) is 0 Å². The lowest BCUT2D eigenvalue weighted by Crippen LogP contribution is -2.35. The Labute approximate surface area is 193 Å². The van der Waals surface area contributed by atoms with Crippen LogP contribution in [0.15, 0.2) is 48.7 Å². The fraction of sp³-hybridized carbons (Fsp3) is 0.320. The first-order chi connectivity index (χ1) is 15.2. The van der Waals surface area contributed by atoms with Gasteiger partial charge in [-0.2, -0.15) is 0 Å². The Balaban J connectivity index is 1.88. The van der Waals surface area contributed by atoms with Crippen LogP contribution in [0.3, 0.4) is 0 Å². The molecule has 0 unspecified atom stereocenters. The standard InChI is InChI=1S/C25H28N4O2S/c1-14(2)28-23(22(27-25(28)32)20-8-6-7-11-26-20)19-12-16(4)29(17(19)5)21-13-18(24(30)31)10-9-15(21)3/h6-14,22-23H,1-5H3,(H,27,32)(H,30,31)/t22-,23-/m0/s1. The average Bonchev–Trinajstić information content (AvgIpc) is 3.24. The molecule has 2 N–H and O–H groups in total. The van der Waals surface area contributed by atoms with Crippen LogP contribution in [0.25, 0.3) is 5.69 Å². The van der Waals surface area contributed by atoms with Crippen molar-refractivity contribution in [3.63, 3.8) is 0 Å². The molecule has 32 heavy (non-hydrogen) atoms. The van der Waals surface area contributed by atoms with Crippen LogP contribution in [0.4, 0.5) is 0 Å². The first kappa shape index (κ1) is 22.0. The molecular formula is C25H28N4O2S. The molecule has 0 aliphatic carbocycles. The zero-order valence-electron chi connectivity index (χ0n) is 19.0. The highest BCUT2D eigenvalue weighted by Crippen LogP contribution is 2.42. The number of aryl methyl sites for hydroxylation is 2. The number of hydrogen-bond donors (Lipinski definition) is 2. The summed E-state index contributed by atoms with van der Waals surface area (Å²) in [6.45, 7) is 10.4. The molecule has 1 saturated heterocycles. The third kappa shape index (κ3) is 3.66. The van der Waals surface area contributed by atoms with Crippen molar-refractivity contribution in [1.82, 2.24) is 19.8 Å². The van der Waals surface area contributed by atoms with E-state index in [2.05, 4.69) is 53.5 Å². The number of aromatic carboxylic acids is 1. The van der Waals surface area contributed by atoms with E-state index >= 15 is 0 Å². The Kier molecular flexibility index (Phi) is 5.77. The molecule has 1 fully saturated rings. The third-order valence-corrected chi connectivity index (χ3v) is 6.51. The number of thiocarbonyl (C=S) groups is 1. The van der Waals surface area contributed by atoms with Crippen molar-refractivity contribution in [1.29, 1.82) is 0 Å². The topological polar surface area (TPSA) is 70.4 Å². The SMILES string of the molecule is Cc1ccc(C(=O)O)cc1-n1c(C)cc([C@H]2[C@H](c3ccccn3)NC(=S)N2C(C)C)c1C. The predicted octanol–water partition coefficient (Wildman–Crippen LogP) is 4.88. The summed E-state index contributed by atoms with van der Waals surface area (Å²) in [7, 11) is 0. The Hall–Kier alpha value is -3.19. The van der Waals surface area contributed by atoms with Crippen LogP contribution in [0.5, 0.6) is 0 Å². The highest BCUT2D eigenvalue weighted by atomic mass is 32.1. The van der Waals surface area contributed by atoms with Crippen molar-refractivity contribution in [3.05, 3.63) is 82.4 Å². The minimum absolute atomic E-state index is 0.0275. The lowest BCUT2D eigenvalue weighted by Gasteiger charge is -2.31. The van der Waals surface area contributed by atoms with E-state index in [9.17, 15) is 9.90 Å². The molecule has 6 nitrogen and oxygen atoms in total. The van der Waals surface area contributed by atoms with Crippen molar-refractivity contribution < 1.29 is 9.90 Å². The second-order valence-electron chi connectivity index (χ2n) is 8.60. The van der Waals surface area contributed by atoms with E-state index in [1.807, 2.05) is 31.2 Å². The van der Waals surface area contributed by atoms with E-state index in [0.29, 0.717) is 0 Å². The Morgan fingerprint density at radius 2 is 1.91 bits per heavy atom. The van der Waals surface area contributed by atoms with Gasteiger partial charge in [-0.05, 0) is 88.3 Å². The molecular weight excluding hydrogens is 420 g/mol. The molecule has 0 bridgehead atoms. The molecule has 4 rings (SSSR count). The van der Waals surface area contributed by atoms with Crippen LogP contribution in [0, 0.1) is 20.8 Å². The molecule has 3 aromatic rings. The molecule has 1 aliphatic heterocycles. The molecule has 2 aromatic heterocycles. The summed E-state index contributed by atoms with van der Waals surface area (Å²) < 4.78 is 2.15. The second kappa shape index (κ2) is 8.39. The maximum atomic E-state index is 11.6. The summed E-state index contributed by atoms with van der Waals surface area (Å²) in [5.74, 6) is -0.930. The Bertz CT molecular complexity index is 1190. The van der Waals surface area contributed by atoms with Crippen LogP contribution >= 0.6 is 12.2 Å². The van der Waals surface area contributed by atoms with Gasteiger partial charge in [-0.1, -0.05) is 12.1 Å². The summed E-state index contributed by atoms with van der Waals surface area (Å²) in [5.41, 5.74) is 6.38. The minimum Gasteiger partial charge on any atom is -0.478 e. The van der Waals surface area contributed by atoms with E-state index in [-0.39, 0.29) is 23.7 Å². The number of benzene rings is 1. The zero-order chi connectivity index (χ0) is 23.2. The molecule has 0 spiro atoms. The number of nitrogens with zero attached hydrogens (tertiary/aromatic N) is 3. The van der Waals surface area contributed by atoms with E-state index in [0.717, 1.165) is 39.0 Å². The highest BCUT2D eigenvalue weighted by Gasteiger charge is 2.42. The van der Waals surface area contributed by atoms with E-state index in [4.69, 9.17) is 12.2 Å². The first-order valence-electron chi connectivity index (χ1n) is 10.7. The summed E-state index contributed by atoms with van der Waals surface area (Å²) in [5, 5.41) is 13.7. The van der Waals surface area contributed by atoms with E-state index in [1.165, 1.54) is 0 Å². The van der Waals surface area contributed by atoms with Crippen LogP contribution in [-0.2, 0) is 0 Å². The van der Waals surface area contributed by atoms with Crippen LogP contribution in [0.1, 0.15) is 64.5 Å². The van der Waals surface area contributed by atoms with Gasteiger partial charge in [0, 0.05) is 29.3 Å². The lowest BCUT2D eigenvalue weighted by atomic mass is 9.96. The number of hydrogen-bond acceptors (Lipinski definition) is 3. The Morgan fingerprint density at radius 1 is 1.16 bits per heavy atom. The van der Waals surface area contributed by atoms with Gasteiger partial charge in [0.2, 0.25) is 0 Å². The molecule has 7 heteroatoms. The van der Waals surface area contributed by atoms with Gasteiger partial charge < -0.3 is 19.9 Å². The largest absolute Gasteiger partial charge is 0.478 e. The molecule has 3 heterocycles. The summed E-state index contributed by atoms with van der Waals surface area (Å²) in [4.78, 5) is 18.4. The monoisotopic (exact) mass is 448 g/mol. The van der Waals surface area contributed by atoms with Crippen molar-refractivity contribution in [2.45, 2.75) is 52.7 Å². The van der Waals surface area contributed by atoms with Gasteiger partial charge in [-0.25, -0.2) is 4.79 Å². The lowest BCUT2D eigenvalue weighted by molar-refractivity contribution is 0.0697. The van der Waals surface area contributed by atoms with Gasteiger partial charge >= 0.3 is 5.97 Å². The molecule has 1 aliphatic rings. The number of carbonyl (C=O) groups is 1. The fourth-order valence-electron chi connectivity index (χ4n) is 4.70. The summed E-state index contributed by atoms with van der Waals surface area (Å²) >= 11 is 5.73. The molecule has 0 amide bonds. The second-order valence-corrected chi connectivity index (χ2v) is 8.98. The van der Waals surface area contributed by atoms with Gasteiger partial charge in [0.25, 0.3) is 0 Å². The summed E-state index contributed by atoms with van der Waals surface area (Å²) in [6.07, 6.45) is 1.80. The third-order valence-electron chi connectivity index (χ3n) is 6.18. The Morgan fingerprint density at radius 3 is 2.53 bits per heavy atom. The van der Waals surface area contributed by atoms with Crippen molar-refractivity contribution >= 4 is 23.3 Å². The van der Waals surface area contributed by atoms with Crippen molar-refractivity contribution in [3.8, 4) is 5.69 Å². The predicted molar refractivity (Wildman–Crippen MR) is 129 cm³/mol. The van der Waals surface area contributed by atoms with Crippen LogP contribution in [-0.4, -0.2) is 36.7 Å². The minimum atomic E-state index is -0.930. The zero-order valence-corrected chi connectivity index (χ0v) is 19.8. The number of pyridine rings is 1. The van der Waals surface area contributed by atoms with Crippen molar-refractivity contribution in [2.24, 2.45) is 0 Å². The number of carboxylic acids is 1. The molecule has 1 aromatic carbocycles. The van der Waals surface area contributed by atoms with Gasteiger partial charge in [0.15, 0.2) is 5.11 Å². The molecule has 0 radical (unpaired) electrons. The maximum absolute atomic E-state index is 11.6. The smallest absolute Gasteiger partial charge is 0.335 e. The molecule has 2 atom stereocenters. The quantitative estimate of drug-likeness (QED) is 0.543. The van der Waals surface area contributed by atoms with Gasteiger partial charge in [0.05, 0.1) is 23.3 Å². The van der Waals surface area contributed by atoms with E-state index < -0.39 is 5.97 Å². The molecule has 166 valence electrons. The highest BCUT2D eigenvalue weighted by molar-refractivity contribution is 7.80. The summed E-state index contributed by atoms with van der Waals surface area (Å²) in [6, 6.07) is 13.5. The number of nitrogens with one attached hydrogen (secondary N) is 1. The average molecular weight is 449 g/mol. The van der Waals surface area contributed by atoms with E-state index in [1.54, 1.807) is 18.3 Å². The normalized spacial score (nSPS) is 18.3. The van der Waals surface area contributed by atoms with Crippen LogP contribution < -0.4 is 5.32 Å². The number of rotatable bonds is 5. The van der Waals surface area contributed by atoms with Gasteiger partial charge in [0.1, 0.15) is 0 Å². The number of carboxylic acid groups (broad SMARTS) is 1.